The number of nitrogens with one attached hydrogen (secondary N) is 1. The number of pyridine rings is 1. The minimum Gasteiger partial charge on any atom is -0.315 e. The molecule has 62 valence electrons. The number of aromatic nitrogens is 1. The van der Waals surface area contributed by atoms with Crippen LogP contribution in [0, 0.1) is 5.92 Å². The van der Waals surface area contributed by atoms with E-state index >= 15 is 0 Å². The largest absolute Gasteiger partial charge is 0.315 e. The monoisotopic (exact) mass is 160 g/mol. The van der Waals surface area contributed by atoms with Gasteiger partial charge in [-0.15, -0.1) is 0 Å². The molecule has 0 spiro atoms. The average molecular weight is 160 g/mol. The standard InChI is InChI=1S/C10H12N2/c1-2-9(6-11-5-1)3-4-10-7-12-8-10/h1-6,10,12H,7-8H2/b4-3+. The van der Waals surface area contributed by atoms with Crippen molar-refractivity contribution >= 4 is 6.08 Å². The zero-order valence-corrected chi connectivity index (χ0v) is 6.90. The summed E-state index contributed by atoms with van der Waals surface area (Å²) in [6, 6.07) is 4.02. The van der Waals surface area contributed by atoms with E-state index in [0.29, 0.717) is 0 Å². The van der Waals surface area contributed by atoms with Gasteiger partial charge in [0.05, 0.1) is 0 Å². The van der Waals surface area contributed by atoms with Crippen molar-refractivity contribution < 1.29 is 0 Å². The van der Waals surface area contributed by atoms with Crippen molar-refractivity contribution in [2.45, 2.75) is 0 Å². The van der Waals surface area contributed by atoms with Crippen molar-refractivity contribution in [1.29, 1.82) is 0 Å². The van der Waals surface area contributed by atoms with E-state index in [4.69, 9.17) is 0 Å². The molecule has 0 radical (unpaired) electrons. The third-order valence-corrected chi connectivity index (χ3v) is 2.06. The van der Waals surface area contributed by atoms with Gasteiger partial charge in [0.2, 0.25) is 0 Å². The Labute approximate surface area is 72.3 Å². The highest BCUT2D eigenvalue weighted by atomic mass is 14.9. The molecule has 0 aromatic carbocycles. The lowest BCUT2D eigenvalue weighted by Gasteiger charge is -2.23. The van der Waals surface area contributed by atoms with Crippen molar-refractivity contribution in [2.75, 3.05) is 13.1 Å². The summed E-state index contributed by atoms with van der Waals surface area (Å²) >= 11 is 0. The Morgan fingerprint density at radius 1 is 1.50 bits per heavy atom. The molecule has 1 aliphatic heterocycles. The molecule has 2 nitrogen and oxygen atoms in total. The second-order valence-electron chi connectivity index (χ2n) is 3.06. The van der Waals surface area contributed by atoms with E-state index in [9.17, 15) is 0 Å². The molecule has 12 heavy (non-hydrogen) atoms. The molecule has 0 bridgehead atoms. The van der Waals surface area contributed by atoms with Gasteiger partial charge in [0.25, 0.3) is 0 Å². The molecule has 2 heteroatoms. The summed E-state index contributed by atoms with van der Waals surface area (Å²) < 4.78 is 0. The highest BCUT2D eigenvalue weighted by Crippen LogP contribution is 2.07. The highest BCUT2D eigenvalue weighted by Gasteiger charge is 2.11. The van der Waals surface area contributed by atoms with Gasteiger partial charge in [0.1, 0.15) is 0 Å². The Kier molecular flexibility index (Phi) is 2.19. The van der Waals surface area contributed by atoms with Crippen LogP contribution in [0.5, 0.6) is 0 Å². The Morgan fingerprint density at radius 2 is 2.42 bits per heavy atom. The lowest BCUT2D eigenvalue weighted by Crippen LogP contribution is -2.40. The van der Waals surface area contributed by atoms with Crippen LogP contribution < -0.4 is 5.32 Å². The molecule has 1 aromatic rings. The summed E-state index contributed by atoms with van der Waals surface area (Å²) in [5, 5.41) is 3.23. The van der Waals surface area contributed by atoms with Gasteiger partial charge >= 0.3 is 0 Å². The third kappa shape index (κ3) is 1.71. The van der Waals surface area contributed by atoms with Gasteiger partial charge < -0.3 is 5.32 Å². The van der Waals surface area contributed by atoms with Gasteiger partial charge in [-0.2, -0.15) is 0 Å². The molecular formula is C10H12N2. The number of hydrogen-bond acceptors (Lipinski definition) is 2. The van der Waals surface area contributed by atoms with Crippen molar-refractivity contribution in [3.05, 3.63) is 36.2 Å². The smallest absolute Gasteiger partial charge is 0.0340 e. The van der Waals surface area contributed by atoms with E-state index in [1.54, 1.807) is 6.20 Å². The lowest BCUT2D eigenvalue weighted by molar-refractivity contribution is 0.420. The molecule has 1 aromatic heterocycles. The van der Waals surface area contributed by atoms with E-state index in [-0.39, 0.29) is 0 Å². The fourth-order valence-corrected chi connectivity index (χ4v) is 1.17. The SMILES string of the molecule is C(=C\C1CNC1)/c1cccnc1. The van der Waals surface area contributed by atoms with Crippen LogP contribution in [0.25, 0.3) is 6.08 Å². The number of rotatable bonds is 2. The molecular weight excluding hydrogens is 148 g/mol. The molecule has 2 heterocycles. The molecule has 1 fully saturated rings. The summed E-state index contributed by atoms with van der Waals surface area (Å²) in [6.45, 7) is 2.24. The molecule has 2 rings (SSSR count). The first-order valence-electron chi connectivity index (χ1n) is 4.24. The van der Waals surface area contributed by atoms with Gasteiger partial charge in [-0.3, -0.25) is 4.98 Å². The first kappa shape index (κ1) is 7.50. The quantitative estimate of drug-likeness (QED) is 0.705. The Morgan fingerprint density at radius 3 is 3.00 bits per heavy atom. The lowest BCUT2D eigenvalue weighted by atomic mass is 10.0. The predicted molar refractivity (Wildman–Crippen MR) is 49.6 cm³/mol. The molecule has 0 unspecified atom stereocenters. The maximum atomic E-state index is 4.04. The van der Waals surface area contributed by atoms with Gasteiger partial charge in [-0.05, 0) is 11.6 Å². The molecule has 0 saturated carbocycles. The van der Waals surface area contributed by atoms with Crippen LogP contribution in [0.2, 0.25) is 0 Å². The van der Waals surface area contributed by atoms with Crippen molar-refractivity contribution in [3.8, 4) is 0 Å². The molecule has 0 aliphatic carbocycles. The fraction of sp³-hybridized carbons (Fsp3) is 0.300. The number of nitrogens with zero attached hydrogens (tertiary/aromatic N) is 1. The maximum absolute atomic E-state index is 4.04. The summed E-state index contributed by atoms with van der Waals surface area (Å²) in [4.78, 5) is 4.04. The molecule has 1 aliphatic rings. The summed E-state index contributed by atoms with van der Waals surface area (Å²) in [6.07, 6.45) is 8.05. The molecule has 1 N–H and O–H groups in total. The number of hydrogen-bond donors (Lipinski definition) is 1. The zero-order chi connectivity index (χ0) is 8.23. The first-order valence-corrected chi connectivity index (χ1v) is 4.24. The Balaban J connectivity index is 1.98. The van der Waals surface area contributed by atoms with Crippen LogP contribution >= 0.6 is 0 Å². The maximum Gasteiger partial charge on any atom is 0.0340 e. The zero-order valence-electron chi connectivity index (χ0n) is 6.90. The minimum absolute atomic E-state index is 0.727. The Bertz CT molecular complexity index is 262. The normalized spacial score (nSPS) is 18.0. The van der Waals surface area contributed by atoms with Crippen molar-refractivity contribution in [1.82, 2.24) is 10.3 Å². The van der Waals surface area contributed by atoms with Crippen LogP contribution in [0.1, 0.15) is 5.56 Å². The van der Waals surface area contributed by atoms with Crippen LogP contribution in [0.15, 0.2) is 30.6 Å². The molecule has 1 saturated heterocycles. The summed E-state index contributed by atoms with van der Waals surface area (Å²) in [5.74, 6) is 0.727. The van der Waals surface area contributed by atoms with Gasteiger partial charge in [-0.1, -0.05) is 18.2 Å². The topological polar surface area (TPSA) is 24.9 Å². The van der Waals surface area contributed by atoms with Crippen LogP contribution in [-0.4, -0.2) is 18.1 Å². The van der Waals surface area contributed by atoms with Gasteiger partial charge in [0, 0.05) is 31.4 Å². The van der Waals surface area contributed by atoms with E-state index < -0.39 is 0 Å². The highest BCUT2D eigenvalue weighted by molar-refractivity contribution is 5.47. The summed E-state index contributed by atoms with van der Waals surface area (Å²) in [5.41, 5.74) is 1.18. The van der Waals surface area contributed by atoms with Crippen LogP contribution in [-0.2, 0) is 0 Å². The van der Waals surface area contributed by atoms with Crippen molar-refractivity contribution in [2.24, 2.45) is 5.92 Å². The van der Waals surface area contributed by atoms with E-state index in [2.05, 4.69) is 28.5 Å². The van der Waals surface area contributed by atoms with E-state index in [1.165, 1.54) is 5.56 Å². The first-order chi connectivity index (χ1) is 5.95. The average Bonchev–Trinajstić information content (AvgIpc) is 2.04. The Hall–Kier alpha value is -1.15. The van der Waals surface area contributed by atoms with Crippen LogP contribution in [0.3, 0.4) is 0 Å². The van der Waals surface area contributed by atoms with Gasteiger partial charge in [0.15, 0.2) is 0 Å². The van der Waals surface area contributed by atoms with E-state index in [1.807, 2.05) is 12.3 Å². The second-order valence-corrected chi connectivity index (χ2v) is 3.06. The molecule has 0 amide bonds. The molecule has 0 atom stereocenters. The van der Waals surface area contributed by atoms with Gasteiger partial charge in [-0.25, -0.2) is 0 Å². The third-order valence-electron chi connectivity index (χ3n) is 2.06. The summed E-state index contributed by atoms with van der Waals surface area (Å²) in [7, 11) is 0. The van der Waals surface area contributed by atoms with Crippen LogP contribution in [0.4, 0.5) is 0 Å². The predicted octanol–water partition coefficient (Wildman–Crippen LogP) is 1.31. The second kappa shape index (κ2) is 3.50. The fourth-order valence-electron chi connectivity index (χ4n) is 1.17. The van der Waals surface area contributed by atoms with E-state index in [0.717, 1.165) is 19.0 Å². The minimum atomic E-state index is 0.727. The van der Waals surface area contributed by atoms with Crippen molar-refractivity contribution in [3.63, 3.8) is 0 Å².